The summed E-state index contributed by atoms with van der Waals surface area (Å²) in [6, 6.07) is 3.80. The van der Waals surface area contributed by atoms with E-state index in [1.807, 2.05) is 12.1 Å². The molecule has 1 rings (SSSR count). The summed E-state index contributed by atoms with van der Waals surface area (Å²) in [7, 11) is 0. The van der Waals surface area contributed by atoms with Crippen LogP contribution in [0.3, 0.4) is 0 Å². The number of nitrogens with one attached hydrogen (secondary N) is 1. The van der Waals surface area contributed by atoms with Gasteiger partial charge in [-0.25, -0.2) is 0 Å². The normalized spacial score (nSPS) is 22.2. The number of rotatable bonds is 6. The molecule has 0 aromatic rings. The Morgan fingerprint density at radius 2 is 2.06 bits per heavy atom. The molecule has 0 aromatic heterocycles. The second-order valence-corrected chi connectivity index (χ2v) is 4.22. The second-order valence-electron chi connectivity index (χ2n) is 4.22. The van der Waals surface area contributed by atoms with Crippen LogP contribution in [0, 0.1) is 28.6 Å². The molecule has 2 atom stereocenters. The van der Waals surface area contributed by atoms with E-state index in [-0.39, 0.29) is 31.0 Å². The van der Waals surface area contributed by atoms with Gasteiger partial charge in [0, 0.05) is 6.04 Å². The summed E-state index contributed by atoms with van der Waals surface area (Å²) in [6.45, 7) is 3.63. The van der Waals surface area contributed by atoms with E-state index in [1.54, 1.807) is 0 Å². The van der Waals surface area contributed by atoms with Crippen LogP contribution in [0.2, 0.25) is 0 Å². The molecule has 0 spiro atoms. The Morgan fingerprint density at radius 1 is 1.39 bits per heavy atom. The summed E-state index contributed by atoms with van der Waals surface area (Å²) in [5, 5.41) is 20.6. The lowest BCUT2D eigenvalue weighted by atomic mass is 10.0. The molecule has 0 bridgehead atoms. The third-order valence-electron chi connectivity index (χ3n) is 2.89. The quantitative estimate of drug-likeness (QED) is 0.664. The fourth-order valence-corrected chi connectivity index (χ4v) is 1.95. The number of ether oxygens (including phenoxy) is 1. The van der Waals surface area contributed by atoms with Crippen LogP contribution in [-0.4, -0.2) is 49.7 Å². The largest absolute Gasteiger partial charge is 0.379 e. The minimum absolute atomic E-state index is 0.0164. The van der Waals surface area contributed by atoms with Gasteiger partial charge < -0.3 is 15.0 Å². The highest BCUT2D eigenvalue weighted by Crippen LogP contribution is 2.16. The Hall–Kier alpha value is -1.63. The highest BCUT2D eigenvalue weighted by atomic mass is 16.5. The van der Waals surface area contributed by atoms with Crippen LogP contribution >= 0.6 is 0 Å². The number of carbonyl (C=O) groups is 1. The fourth-order valence-electron chi connectivity index (χ4n) is 1.95. The van der Waals surface area contributed by atoms with E-state index < -0.39 is 0 Å². The summed E-state index contributed by atoms with van der Waals surface area (Å²) in [5.41, 5.74) is 0. The number of hydrogen-bond donors (Lipinski definition) is 1. The van der Waals surface area contributed by atoms with Crippen molar-refractivity contribution >= 4 is 5.91 Å². The fraction of sp³-hybridized carbons (Fsp3) is 0.750. The van der Waals surface area contributed by atoms with Crippen molar-refractivity contribution in [2.45, 2.75) is 19.4 Å². The monoisotopic (exact) mass is 250 g/mol. The maximum atomic E-state index is 12.2. The first-order valence-electron chi connectivity index (χ1n) is 6.08. The molecular weight excluding hydrogens is 232 g/mol. The van der Waals surface area contributed by atoms with Crippen molar-refractivity contribution < 1.29 is 9.53 Å². The van der Waals surface area contributed by atoms with E-state index in [1.165, 1.54) is 4.90 Å². The molecular formula is C12H18N4O2. The van der Waals surface area contributed by atoms with Crippen molar-refractivity contribution in [2.24, 2.45) is 5.92 Å². The third-order valence-corrected chi connectivity index (χ3v) is 2.89. The summed E-state index contributed by atoms with van der Waals surface area (Å²) in [6.07, 6.45) is 0.984. The summed E-state index contributed by atoms with van der Waals surface area (Å²) in [5.74, 6) is -0.470. The van der Waals surface area contributed by atoms with Crippen molar-refractivity contribution in [3.63, 3.8) is 0 Å². The average molecular weight is 250 g/mol. The molecule has 1 heterocycles. The highest BCUT2D eigenvalue weighted by Gasteiger charge is 2.36. The maximum Gasteiger partial charge on any atom is 0.231 e. The van der Waals surface area contributed by atoms with Crippen molar-refractivity contribution in [3.05, 3.63) is 0 Å². The molecule has 0 radical (unpaired) electrons. The molecule has 6 nitrogen and oxygen atoms in total. The van der Waals surface area contributed by atoms with Gasteiger partial charge in [0.2, 0.25) is 5.91 Å². The first-order valence-corrected chi connectivity index (χ1v) is 6.08. The van der Waals surface area contributed by atoms with Gasteiger partial charge in [0.05, 0.1) is 31.3 Å². The van der Waals surface area contributed by atoms with E-state index >= 15 is 0 Å². The van der Waals surface area contributed by atoms with Gasteiger partial charge in [-0.15, -0.1) is 0 Å². The van der Waals surface area contributed by atoms with Crippen LogP contribution in [0.25, 0.3) is 0 Å². The summed E-state index contributed by atoms with van der Waals surface area (Å²) >= 11 is 0. The van der Waals surface area contributed by atoms with Gasteiger partial charge in [-0.1, -0.05) is 6.92 Å². The highest BCUT2D eigenvalue weighted by molar-refractivity contribution is 5.80. The van der Waals surface area contributed by atoms with Crippen LogP contribution in [0.1, 0.15) is 13.3 Å². The second kappa shape index (κ2) is 7.65. The SMILES string of the molecule is CCCNC1COCC1C(=O)N(CC#N)CC#N. The molecule has 1 fully saturated rings. The maximum absolute atomic E-state index is 12.2. The standard InChI is InChI=1S/C12H18N4O2/c1-2-5-15-11-9-18-8-10(11)12(17)16(6-3-13)7-4-14/h10-11,15H,2,5-9H2,1H3. The smallest absolute Gasteiger partial charge is 0.231 e. The van der Waals surface area contributed by atoms with Crippen LogP contribution < -0.4 is 5.32 Å². The van der Waals surface area contributed by atoms with E-state index in [2.05, 4.69) is 12.2 Å². The molecule has 1 aliphatic heterocycles. The zero-order chi connectivity index (χ0) is 13.4. The molecule has 1 saturated heterocycles. The first kappa shape index (κ1) is 14.4. The molecule has 6 heteroatoms. The van der Waals surface area contributed by atoms with Crippen molar-refractivity contribution in [3.8, 4) is 12.1 Å². The minimum Gasteiger partial charge on any atom is -0.379 e. The topological polar surface area (TPSA) is 89.2 Å². The van der Waals surface area contributed by atoms with Crippen LogP contribution in [0.5, 0.6) is 0 Å². The molecule has 0 saturated carbocycles. The number of carbonyl (C=O) groups excluding carboxylic acids is 1. The van der Waals surface area contributed by atoms with Crippen molar-refractivity contribution in [1.29, 1.82) is 10.5 Å². The molecule has 1 aliphatic rings. The lowest BCUT2D eigenvalue weighted by Crippen LogP contribution is -2.46. The summed E-state index contributed by atoms with van der Waals surface area (Å²) < 4.78 is 5.32. The van der Waals surface area contributed by atoms with Gasteiger partial charge >= 0.3 is 0 Å². The van der Waals surface area contributed by atoms with Gasteiger partial charge in [-0.05, 0) is 13.0 Å². The summed E-state index contributed by atoms with van der Waals surface area (Å²) in [4.78, 5) is 13.5. The van der Waals surface area contributed by atoms with Crippen LogP contribution in [0.4, 0.5) is 0 Å². The van der Waals surface area contributed by atoms with Gasteiger partial charge in [0.1, 0.15) is 13.1 Å². The number of nitrogens with zero attached hydrogens (tertiary/aromatic N) is 3. The Labute approximate surface area is 107 Å². The third kappa shape index (κ3) is 3.69. The van der Waals surface area contributed by atoms with E-state index in [0.29, 0.717) is 13.2 Å². The lowest BCUT2D eigenvalue weighted by molar-refractivity contribution is -0.134. The molecule has 1 amide bonds. The number of amides is 1. The Kier molecular flexibility index (Phi) is 6.13. The van der Waals surface area contributed by atoms with E-state index in [4.69, 9.17) is 15.3 Å². The number of hydrogen-bond acceptors (Lipinski definition) is 5. The van der Waals surface area contributed by atoms with Gasteiger partial charge in [-0.3, -0.25) is 4.79 Å². The predicted octanol–water partition coefficient (Wildman–Crippen LogP) is -0.123. The Morgan fingerprint density at radius 3 is 2.61 bits per heavy atom. The van der Waals surface area contributed by atoms with Gasteiger partial charge in [0.15, 0.2) is 0 Å². The molecule has 1 N–H and O–H groups in total. The van der Waals surface area contributed by atoms with Crippen molar-refractivity contribution in [1.82, 2.24) is 10.2 Å². The van der Waals surface area contributed by atoms with E-state index in [0.717, 1.165) is 13.0 Å². The van der Waals surface area contributed by atoms with Crippen LogP contribution in [0.15, 0.2) is 0 Å². The molecule has 18 heavy (non-hydrogen) atoms. The zero-order valence-electron chi connectivity index (χ0n) is 10.6. The first-order chi connectivity index (χ1) is 8.74. The average Bonchev–Trinajstić information content (AvgIpc) is 2.83. The van der Waals surface area contributed by atoms with Crippen LogP contribution in [-0.2, 0) is 9.53 Å². The predicted molar refractivity (Wildman–Crippen MR) is 64.2 cm³/mol. The van der Waals surface area contributed by atoms with Gasteiger partial charge in [0.25, 0.3) is 0 Å². The molecule has 2 unspecified atom stereocenters. The Balaban J connectivity index is 2.62. The molecule has 98 valence electrons. The zero-order valence-corrected chi connectivity index (χ0v) is 10.6. The number of nitriles is 2. The molecule has 0 aliphatic carbocycles. The van der Waals surface area contributed by atoms with Gasteiger partial charge in [-0.2, -0.15) is 10.5 Å². The van der Waals surface area contributed by atoms with E-state index in [9.17, 15) is 4.79 Å². The Bertz CT molecular complexity index is 342. The molecule has 0 aromatic carbocycles. The van der Waals surface area contributed by atoms with Crippen molar-refractivity contribution in [2.75, 3.05) is 32.8 Å². The lowest BCUT2D eigenvalue weighted by Gasteiger charge is -2.23. The minimum atomic E-state index is -0.293.